The number of amides is 1. The summed E-state index contributed by atoms with van der Waals surface area (Å²) in [6, 6.07) is 5.44. The number of methoxy groups -OCH3 is 1. The highest BCUT2D eigenvalue weighted by Crippen LogP contribution is 2.06. The highest BCUT2D eigenvalue weighted by molar-refractivity contribution is 5.85. The molecule has 0 radical (unpaired) electrons. The normalized spacial score (nSPS) is 11.6. The van der Waals surface area contributed by atoms with Crippen LogP contribution in [0.4, 0.5) is 4.39 Å². The minimum atomic E-state index is -0.682. The van der Waals surface area contributed by atoms with Gasteiger partial charge < -0.3 is 15.4 Å². The van der Waals surface area contributed by atoms with Crippen molar-refractivity contribution in [3.05, 3.63) is 35.6 Å². The summed E-state index contributed by atoms with van der Waals surface area (Å²) in [5.74, 6) is -0.541. The minimum Gasteiger partial charge on any atom is -0.383 e. The Labute approximate surface area is 112 Å². The van der Waals surface area contributed by atoms with Gasteiger partial charge in [0.1, 0.15) is 11.9 Å². The third-order valence-electron chi connectivity index (χ3n) is 2.35. The zero-order valence-electron chi connectivity index (χ0n) is 10.4. The smallest absolute Gasteiger partial charge is 0.241 e. The van der Waals surface area contributed by atoms with E-state index in [1.54, 1.807) is 19.2 Å². The average Bonchev–Trinajstić information content (AvgIpc) is 2.28. The number of hydrogen-bond donors (Lipinski definition) is 1. The summed E-state index contributed by atoms with van der Waals surface area (Å²) in [7, 11) is 3.11. The van der Waals surface area contributed by atoms with Crippen molar-refractivity contribution in [3.8, 4) is 0 Å². The van der Waals surface area contributed by atoms with Gasteiger partial charge in [-0.2, -0.15) is 0 Å². The van der Waals surface area contributed by atoms with Crippen molar-refractivity contribution in [2.24, 2.45) is 5.73 Å². The lowest BCUT2D eigenvalue weighted by Gasteiger charge is -2.21. The Bertz CT molecular complexity index is 390. The molecule has 4 nitrogen and oxygen atoms in total. The van der Waals surface area contributed by atoms with Gasteiger partial charge in [-0.25, -0.2) is 4.39 Å². The predicted molar refractivity (Wildman–Crippen MR) is 70.0 cm³/mol. The van der Waals surface area contributed by atoms with Gasteiger partial charge in [0.2, 0.25) is 5.91 Å². The van der Waals surface area contributed by atoms with E-state index in [0.29, 0.717) is 6.54 Å². The van der Waals surface area contributed by atoms with Crippen LogP contribution in [0, 0.1) is 5.82 Å². The number of likely N-dealkylation sites (N-methyl/N-ethyl adjacent to an activating group) is 1. The van der Waals surface area contributed by atoms with E-state index in [1.165, 1.54) is 24.1 Å². The van der Waals surface area contributed by atoms with E-state index in [0.717, 1.165) is 5.56 Å². The fourth-order valence-electron chi connectivity index (χ4n) is 1.52. The second-order valence-electron chi connectivity index (χ2n) is 3.89. The fourth-order valence-corrected chi connectivity index (χ4v) is 1.52. The molecule has 0 aromatic heterocycles. The summed E-state index contributed by atoms with van der Waals surface area (Å²) in [6.07, 6.45) is 0. The van der Waals surface area contributed by atoms with Crippen LogP contribution in [0.1, 0.15) is 5.56 Å². The second-order valence-corrected chi connectivity index (χ2v) is 3.89. The van der Waals surface area contributed by atoms with Crippen molar-refractivity contribution in [3.63, 3.8) is 0 Å². The number of halogens is 2. The van der Waals surface area contributed by atoms with E-state index < -0.39 is 6.04 Å². The van der Waals surface area contributed by atoms with Crippen molar-refractivity contribution in [2.45, 2.75) is 12.6 Å². The Hall–Kier alpha value is -1.17. The van der Waals surface area contributed by atoms with Crippen molar-refractivity contribution in [1.29, 1.82) is 0 Å². The van der Waals surface area contributed by atoms with Gasteiger partial charge in [0.25, 0.3) is 0 Å². The van der Waals surface area contributed by atoms with E-state index in [4.69, 9.17) is 10.5 Å². The number of carbonyl (C=O) groups excluding carboxylic acids is 1. The highest BCUT2D eigenvalue weighted by Gasteiger charge is 2.17. The Morgan fingerprint density at radius 2 is 2.22 bits per heavy atom. The Kier molecular flexibility index (Phi) is 7.50. The zero-order valence-corrected chi connectivity index (χ0v) is 11.2. The summed E-state index contributed by atoms with van der Waals surface area (Å²) in [4.78, 5) is 13.2. The first kappa shape index (κ1) is 16.8. The van der Waals surface area contributed by atoms with Crippen LogP contribution in [0.3, 0.4) is 0 Å². The summed E-state index contributed by atoms with van der Waals surface area (Å²) in [5.41, 5.74) is 6.35. The third-order valence-corrected chi connectivity index (χ3v) is 2.35. The molecule has 1 atom stereocenters. The SMILES string of the molecule is COCC(N)C(=O)N(C)Cc1cccc(F)c1.Cl. The molecular formula is C12H18ClFN2O2. The molecule has 0 saturated carbocycles. The van der Waals surface area contributed by atoms with E-state index in [1.807, 2.05) is 0 Å². The molecule has 0 saturated heterocycles. The molecule has 2 N–H and O–H groups in total. The van der Waals surface area contributed by atoms with Gasteiger partial charge in [-0.1, -0.05) is 12.1 Å². The quantitative estimate of drug-likeness (QED) is 0.879. The molecule has 1 amide bonds. The number of rotatable bonds is 5. The predicted octanol–water partition coefficient (Wildman–Crippen LogP) is 1.18. The lowest BCUT2D eigenvalue weighted by atomic mass is 10.2. The van der Waals surface area contributed by atoms with Crippen LogP contribution < -0.4 is 5.73 Å². The standard InChI is InChI=1S/C12H17FN2O2.ClH/c1-15(12(16)11(14)8-17-2)7-9-4-3-5-10(13)6-9;/h3-6,11H,7-8,14H2,1-2H3;1H. The molecule has 1 aromatic rings. The number of nitrogens with zero attached hydrogens (tertiary/aromatic N) is 1. The molecule has 18 heavy (non-hydrogen) atoms. The minimum absolute atomic E-state index is 0. The first-order valence-electron chi connectivity index (χ1n) is 5.28. The van der Waals surface area contributed by atoms with Crippen molar-refractivity contribution < 1.29 is 13.9 Å². The van der Waals surface area contributed by atoms with Gasteiger partial charge in [-0.15, -0.1) is 12.4 Å². The molecule has 0 fully saturated rings. The molecule has 0 aliphatic rings. The molecule has 1 aromatic carbocycles. The highest BCUT2D eigenvalue weighted by atomic mass is 35.5. The monoisotopic (exact) mass is 276 g/mol. The molecule has 6 heteroatoms. The van der Waals surface area contributed by atoms with Gasteiger partial charge in [0, 0.05) is 20.7 Å². The zero-order chi connectivity index (χ0) is 12.8. The first-order chi connectivity index (χ1) is 8.04. The van der Waals surface area contributed by atoms with Gasteiger partial charge in [-0.3, -0.25) is 4.79 Å². The maximum absolute atomic E-state index is 12.9. The first-order valence-corrected chi connectivity index (χ1v) is 5.28. The Morgan fingerprint density at radius 3 is 2.78 bits per heavy atom. The number of benzene rings is 1. The second kappa shape index (κ2) is 8.02. The third kappa shape index (κ3) is 5.00. The largest absolute Gasteiger partial charge is 0.383 e. The molecule has 0 heterocycles. The van der Waals surface area contributed by atoms with Gasteiger partial charge in [0.15, 0.2) is 0 Å². The summed E-state index contributed by atoms with van der Waals surface area (Å²) >= 11 is 0. The molecular weight excluding hydrogens is 259 g/mol. The summed E-state index contributed by atoms with van der Waals surface area (Å²) < 4.78 is 17.8. The molecule has 0 spiro atoms. The van der Waals surface area contributed by atoms with Gasteiger partial charge in [0.05, 0.1) is 6.61 Å². The van der Waals surface area contributed by atoms with Crippen molar-refractivity contribution in [1.82, 2.24) is 4.90 Å². The number of hydrogen-bond acceptors (Lipinski definition) is 3. The summed E-state index contributed by atoms with van der Waals surface area (Å²) in [5, 5.41) is 0. The van der Waals surface area contributed by atoms with Crippen LogP contribution in [-0.4, -0.2) is 37.6 Å². The van der Waals surface area contributed by atoms with Crippen LogP contribution in [0.25, 0.3) is 0 Å². The van der Waals surface area contributed by atoms with Crippen molar-refractivity contribution >= 4 is 18.3 Å². The van der Waals surface area contributed by atoms with Crippen LogP contribution in [0.15, 0.2) is 24.3 Å². The van der Waals surface area contributed by atoms with E-state index in [-0.39, 0.29) is 30.7 Å². The van der Waals surface area contributed by atoms with Crippen LogP contribution in [0.2, 0.25) is 0 Å². The molecule has 1 unspecified atom stereocenters. The van der Waals surface area contributed by atoms with E-state index in [9.17, 15) is 9.18 Å². The Balaban J connectivity index is 0.00000289. The Morgan fingerprint density at radius 1 is 1.56 bits per heavy atom. The van der Waals surface area contributed by atoms with Gasteiger partial charge in [-0.05, 0) is 17.7 Å². The average molecular weight is 277 g/mol. The fraction of sp³-hybridized carbons (Fsp3) is 0.417. The van der Waals surface area contributed by atoms with Crippen LogP contribution in [-0.2, 0) is 16.1 Å². The summed E-state index contributed by atoms with van der Waals surface area (Å²) in [6.45, 7) is 0.500. The number of nitrogens with two attached hydrogens (primary N) is 1. The number of ether oxygens (including phenoxy) is 1. The number of carbonyl (C=O) groups is 1. The van der Waals surface area contributed by atoms with Crippen LogP contribution >= 0.6 is 12.4 Å². The molecule has 102 valence electrons. The lowest BCUT2D eigenvalue weighted by molar-refractivity contribution is -0.132. The van der Waals surface area contributed by atoms with Gasteiger partial charge >= 0.3 is 0 Å². The molecule has 1 rings (SSSR count). The molecule has 0 aliphatic carbocycles. The maximum Gasteiger partial charge on any atom is 0.241 e. The topological polar surface area (TPSA) is 55.6 Å². The van der Waals surface area contributed by atoms with E-state index in [2.05, 4.69) is 0 Å². The van der Waals surface area contributed by atoms with Crippen molar-refractivity contribution in [2.75, 3.05) is 20.8 Å². The lowest BCUT2D eigenvalue weighted by Crippen LogP contribution is -2.44. The maximum atomic E-state index is 12.9. The molecule has 0 bridgehead atoms. The molecule has 0 aliphatic heterocycles. The van der Waals surface area contributed by atoms with Crippen LogP contribution in [0.5, 0.6) is 0 Å². The van der Waals surface area contributed by atoms with E-state index >= 15 is 0 Å².